The second-order valence-electron chi connectivity index (χ2n) is 12.3. The Bertz CT molecular complexity index is 1570. The van der Waals surface area contributed by atoms with Crippen LogP contribution in [0.4, 0.5) is 15.8 Å². The number of likely N-dealkylation sites (N-methyl/N-ethyl adjacent to an activating group) is 1. The molecule has 5 rings (SSSR count). The first-order chi connectivity index (χ1) is 20.5. The predicted molar refractivity (Wildman–Crippen MR) is 186 cm³/mol. The molecule has 244 valence electrons. The third-order valence-electron chi connectivity index (χ3n) is 8.77. The number of amides is 2. The summed E-state index contributed by atoms with van der Waals surface area (Å²) < 4.78 is 15.0. The maximum atomic E-state index is 15.0. The van der Waals surface area contributed by atoms with Crippen molar-refractivity contribution in [2.75, 3.05) is 57.9 Å². The number of hydrogen-bond acceptors (Lipinski definition) is 6. The Hall–Kier alpha value is -3.40. The van der Waals surface area contributed by atoms with E-state index in [2.05, 4.69) is 28.4 Å². The number of hydrogen-bond donors (Lipinski definition) is 2. The van der Waals surface area contributed by atoms with Gasteiger partial charge in [0.15, 0.2) is 0 Å². The van der Waals surface area contributed by atoms with Gasteiger partial charge in [0.05, 0.1) is 18.1 Å². The van der Waals surface area contributed by atoms with Crippen LogP contribution in [0.2, 0.25) is 0 Å². The van der Waals surface area contributed by atoms with E-state index < -0.39 is 0 Å². The van der Waals surface area contributed by atoms with Crippen LogP contribution < -0.4 is 11.1 Å². The van der Waals surface area contributed by atoms with Crippen molar-refractivity contribution in [3.8, 4) is 0 Å². The number of carbonyl (C=O) groups is 2. The highest BCUT2D eigenvalue weighted by atomic mass is 35.5. The zero-order valence-corrected chi connectivity index (χ0v) is 28.4. The van der Waals surface area contributed by atoms with Crippen LogP contribution in [0.15, 0.2) is 42.5 Å². The van der Waals surface area contributed by atoms with Crippen LogP contribution in [-0.4, -0.2) is 78.3 Å². The van der Waals surface area contributed by atoms with Gasteiger partial charge in [-0.15, -0.1) is 24.8 Å². The van der Waals surface area contributed by atoms with Crippen LogP contribution in [0.5, 0.6) is 0 Å². The van der Waals surface area contributed by atoms with Gasteiger partial charge in [-0.1, -0.05) is 12.1 Å². The first-order valence-electron chi connectivity index (χ1n) is 15.1. The fourth-order valence-corrected chi connectivity index (χ4v) is 6.19. The van der Waals surface area contributed by atoms with Gasteiger partial charge in [0, 0.05) is 61.1 Å². The lowest BCUT2D eigenvalue weighted by molar-refractivity contribution is -0.137. The number of nitrogens with one attached hydrogen (secondary N) is 1. The number of piperidine rings is 1. The molecule has 0 bridgehead atoms. The van der Waals surface area contributed by atoms with Crippen molar-refractivity contribution < 1.29 is 14.0 Å². The molecule has 2 aromatic carbocycles. The fraction of sp³-hybridized carbons (Fsp3) is 0.441. The van der Waals surface area contributed by atoms with E-state index in [-0.39, 0.29) is 54.4 Å². The molecule has 3 heterocycles. The molecular formula is C34H45Cl2FN6O2. The molecule has 2 aliphatic heterocycles. The van der Waals surface area contributed by atoms with Gasteiger partial charge in [0.1, 0.15) is 5.82 Å². The fourth-order valence-electron chi connectivity index (χ4n) is 6.19. The van der Waals surface area contributed by atoms with Crippen LogP contribution >= 0.6 is 24.8 Å². The Labute approximate surface area is 278 Å². The minimum absolute atomic E-state index is 0. The summed E-state index contributed by atoms with van der Waals surface area (Å²) in [6.07, 6.45) is 4.52. The van der Waals surface area contributed by atoms with Crippen molar-refractivity contribution in [2.45, 2.75) is 46.1 Å². The van der Waals surface area contributed by atoms with Gasteiger partial charge in [-0.3, -0.25) is 19.5 Å². The summed E-state index contributed by atoms with van der Waals surface area (Å²) in [4.78, 5) is 35.8. The molecule has 11 heteroatoms. The standard InChI is InChI=1S/C34H43FN6O2.2ClH/c1-21-16-27(36)19-28(33(21)35)23(3)38-31-17-22(2)37-30-7-6-26(18-29(30)31)24-10-14-41(15-11-24)34(43)25-8-12-40(13-9-25)20-32(42)39(4)5;;/h6-7,10,16-19,23,25H,8-9,11-15,20,36H2,1-5H3,(H,37,38);2*1H/t23-;;/m1../s1. The normalized spacial score (nSPS) is 16.3. The molecular weight excluding hydrogens is 614 g/mol. The number of carbonyl (C=O) groups excluding carboxylic acids is 2. The summed E-state index contributed by atoms with van der Waals surface area (Å²) >= 11 is 0. The van der Waals surface area contributed by atoms with Crippen molar-refractivity contribution in [1.82, 2.24) is 19.7 Å². The lowest BCUT2D eigenvalue weighted by Crippen LogP contribution is -2.46. The molecule has 1 saturated heterocycles. The van der Waals surface area contributed by atoms with E-state index in [0.29, 0.717) is 36.4 Å². The maximum absolute atomic E-state index is 15.0. The number of halogens is 3. The first-order valence-corrected chi connectivity index (χ1v) is 15.1. The SMILES string of the molecule is Cc1cc(N[C@H](C)c2cc(N)cc(C)c2F)c2cc(C3=CCN(C(=O)C4CCN(CC(=O)N(C)C)CC4)CC3)ccc2n1.Cl.Cl. The second-order valence-corrected chi connectivity index (χ2v) is 12.3. The summed E-state index contributed by atoms with van der Waals surface area (Å²) in [6.45, 7) is 8.85. The quantitative estimate of drug-likeness (QED) is 0.302. The summed E-state index contributed by atoms with van der Waals surface area (Å²) in [6, 6.07) is 11.3. The molecule has 0 saturated carbocycles. The molecule has 0 unspecified atom stereocenters. The Kier molecular flexibility index (Phi) is 12.2. The van der Waals surface area contributed by atoms with Gasteiger partial charge < -0.3 is 20.9 Å². The molecule has 3 aromatic rings. The van der Waals surface area contributed by atoms with Crippen LogP contribution in [-0.2, 0) is 9.59 Å². The lowest BCUT2D eigenvalue weighted by Gasteiger charge is -2.35. The summed E-state index contributed by atoms with van der Waals surface area (Å²) in [5.74, 6) is 0.0821. The first kappa shape index (κ1) is 36.1. The van der Waals surface area contributed by atoms with Crippen molar-refractivity contribution >= 4 is 64.5 Å². The molecule has 0 aliphatic carbocycles. The minimum atomic E-state index is -0.301. The van der Waals surface area contributed by atoms with Gasteiger partial charge in [0.2, 0.25) is 11.8 Å². The average Bonchev–Trinajstić information content (AvgIpc) is 2.98. The average molecular weight is 660 g/mol. The maximum Gasteiger partial charge on any atom is 0.236 e. The van der Waals surface area contributed by atoms with E-state index >= 15 is 0 Å². The number of aromatic nitrogens is 1. The van der Waals surface area contributed by atoms with Crippen molar-refractivity contribution in [3.63, 3.8) is 0 Å². The summed E-state index contributed by atoms with van der Waals surface area (Å²) in [7, 11) is 3.54. The number of aryl methyl sites for hydroxylation is 2. The predicted octanol–water partition coefficient (Wildman–Crippen LogP) is 6.01. The topological polar surface area (TPSA) is 94.8 Å². The Morgan fingerprint density at radius 3 is 2.44 bits per heavy atom. The molecule has 45 heavy (non-hydrogen) atoms. The number of nitrogen functional groups attached to an aromatic ring is 1. The molecule has 3 N–H and O–H groups in total. The van der Waals surface area contributed by atoms with Crippen molar-refractivity contribution in [1.29, 1.82) is 0 Å². The van der Waals surface area contributed by atoms with E-state index in [1.54, 1.807) is 38.1 Å². The van der Waals surface area contributed by atoms with E-state index in [9.17, 15) is 14.0 Å². The molecule has 8 nitrogen and oxygen atoms in total. The van der Waals surface area contributed by atoms with Gasteiger partial charge in [-0.2, -0.15) is 0 Å². The minimum Gasteiger partial charge on any atom is -0.399 e. The zero-order valence-electron chi connectivity index (χ0n) is 26.7. The van der Waals surface area contributed by atoms with E-state index in [4.69, 9.17) is 10.7 Å². The molecule has 1 aromatic heterocycles. The van der Waals surface area contributed by atoms with Crippen LogP contribution in [0, 0.1) is 25.6 Å². The third kappa shape index (κ3) is 8.26. The largest absolute Gasteiger partial charge is 0.399 e. The van der Waals surface area contributed by atoms with E-state index in [1.807, 2.05) is 30.9 Å². The van der Waals surface area contributed by atoms with Gasteiger partial charge in [0.25, 0.3) is 0 Å². The monoisotopic (exact) mass is 658 g/mol. The highest BCUT2D eigenvalue weighted by Crippen LogP contribution is 2.33. The molecule has 0 radical (unpaired) electrons. The molecule has 0 spiro atoms. The number of anilines is 2. The van der Waals surface area contributed by atoms with Gasteiger partial charge in [-0.25, -0.2) is 4.39 Å². The zero-order chi connectivity index (χ0) is 30.8. The summed E-state index contributed by atoms with van der Waals surface area (Å²) in [5, 5.41) is 4.48. The highest BCUT2D eigenvalue weighted by molar-refractivity contribution is 5.94. The Morgan fingerprint density at radius 1 is 1.09 bits per heavy atom. The Morgan fingerprint density at radius 2 is 1.80 bits per heavy atom. The number of pyridine rings is 1. The number of nitrogens with zero attached hydrogens (tertiary/aromatic N) is 4. The van der Waals surface area contributed by atoms with Gasteiger partial charge in [-0.05, 0) is 100 Å². The van der Waals surface area contributed by atoms with Crippen LogP contribution in [0.25, 0.3) is 16.5 Å². The molecule has 1 fully saturated rings. The summed E-state index contributed by atoms with van der Waals surface area (Å²) in [5.41, 5.74) is 12.6. The van der Waals surface area contributed by atoms with Crippen LogP contribution in [0.1, 0.15) is 54.6 Å². The van der Waals surface area contributed by atoms with Crippen molar-refractivity contribution in [2.24, 2.45) is 5.92 Å². The third-order valence-corrected chi connectivity index (χ3v) is 8.77. The smallest absolute Gasteiger partial charge is 0.236 e. The van der Waals surface area contributed by atoms with Crippen molar-refractivity contribution in [3.05, 3.63) is 70.7 Å². The number of benzene rings is 2. The molecule has 2 amide bonds. The highest BCUT2D eigenvalue weighted by Gasteiger charge is 2.30. The molecule has 1 atom stereocenters. The number of nitrogens with two attached hydrogens (primary N) is 1. The van der Waals surface area contributed by atoms with E-state index in [1.165, 1.54) is 5.57 Å². The lowest BCUT2D eigenvalue weighted by atomic mass is 9.93. The second kappa shape index (κ2) is 15.3. The number of rotatable bonds is 7. The van der Waals surface area contributed by atoms with Crippen LogP contribution in [0.3, 0.4) is 0 Å². The van der Waals surface area contributed by atoms with E-state index in [0.717, 1.165) is 60.2 Å². The van der Waals surface area contributed by atoms with Gasteiger partial charge >= 0.3 is 0 Å². The number of fused-ring (bicyclic) bond motifs is 1. The molecule has 2 aliphatic rings. The number of likely N-dealkylation sites (tertiary alicyclic amines) is 1. The Balaban J connectivity index is 0.00000276.